The lowest BCUT2D eigenvalue weighted by Crippen LogP contribution is -2.48. The maximum Gasteiger partial charge on any atom is 0.347 e. The van der Waals surface area contributed by atoms with Crippen LogP contribution in [-0.2, 0) is 31.4 Å². The standard InChI is InChI=1S/C26H39N2O4P/c1-6-31-33(30,32-7-2)25(19-18-22-14-10-8-11-15-22)28(20-23-16-12-9-13-17-23)21-24(29)27-26(3,4)5/h8-17,25H,6-7,18-21H2,1-5H3,(H,27,29). The molecule has 0 aliphatic rings. The van der Waals surface area contributed by atoms with Gasteiger partial charge in [0.25, 0.3) is 0 Å². The van der Waals surface area contributed by atoms with Crippen molar-refractivity contribution in [1.82, 2.24) is 10.2 Å². The molecule has 0 fully saturated rings. The third-order valence-electron chi connectivity index (χ3n) is 5.03. The number of nitrogens with one attached hydrogen (secondary N) is 1. The van der Waals surface area contributed by atoms with Crippen LogP contribution in [0.2, 0.25) is 0 Å². The van der Waals surface area contributed by atoms with Crippen LogP contribution >= 0.6 is 7.60 Å². The molecule has 2 rings (SSSR count). The molecule has 1 amide bonds. The van der Waals surface area contributed by atoms with Crippen LogP contribution in [0.5, 0.6) is 0 Å². The van der Waals surface area contributed by atoms with Crippen LogP contribution in [-0.4, -0.2) is 41.9 Å². The first kappa shape index (κ1) is 27.3. The van der Waals surface area contributed by atoms with E-state index in [1.165, 1.54) is 0 Å². The van der Waals surface area contributed by atoms with Gasteiger partial charge in [0.1, 0.15) is 5.78 Å². The molecule has 0 saturated heterocycles. The quantitative estimate of drug-likeness (QED) is 0.381. The number of benzene rings is 2. The number of hydrogen-bond donors (Lipinski definition) is 1. The predicted molar refractivity (Wildman–Crippen MR) is 134 cm³/mol. The normalized spacial score (nSPS) is 13.2. The van der Waals surface area contributed by atoms with Gasteiger partial charge in [0.15, 0.2) is 0 Å². The van der Waals surface area contributed by atoms with Crippen molar-refractivity contribution in [2.24, 2.45) is 0 Å². The zero-order chi connectivity index (χ0) is 24.3. The summed E-state index contributed by atoms with van der Waals surface area (Å²) in [6.45, 7) is 10.6. The van der Waals surface area contributed by atoms with E-state index in [0.29, 0.717) is 19.4 Å². The highest BCUT2D eigenvalue weighted by molar-refractivity contribution is 7.54. The SMILES string of the molecule is CCOP(=O)(OCC)C(CCc1ccccc1)N(CC(=O)NC(C)(C)C)Cc1ccccc1. The largest absolute Gasteiger partial charge is 0.350 e. The summed E-state index contributed by atoms with van der Waals surface area (Å²) in [6.07, 6.45) is 1.23. The number of carbonyl (C=O) groups is 1. The van der Waals surface area contributed by atoms with E-state index < -0.39 is 13.4 Å². The summed E-state index contributed by atoms with van der Waals surface area (Å²) in [5, 5.41) is 3.03. The minimum Gasteiger partial charge on any atom is -0.350 e. The molecule has 2 aromatic rings. The highest BCUT2D eigenvalue weighted by Gasteiger charge is 2.40. The Balaban J connectivity index is 2.41. The lowest BCUT2D eigenvalue weighted by atomic mass is 10.1. The van der Waals surface area contributed by atoms with Crippen LogP contribution in [0.25, 0.3) is 0 Å². The fraction of sp³-hybridized carbons (Fsp3) is 0.500. The van der Waals surface area contributed by atoms with Crippen molar-refractivity contribution in [2.45, 2.75) is 65.3 Å². The van der Waals surface area contributed by atoms with Crippen LogP contribution < -0.4 is 5.32 Å². The first-order chi connectivity index (χ1) is 15.7. The minimum absolute atomic E-state index is 0.0930. The van der Waals surface area contributed by atoms with Gasteiger partial charge >= 0.3 is 7.60 Å². The van der Waals surface area contributed by atoms with E-state index in [4.69, 9.17) is 9.05 Å². The summed E-state index contributed by atoms with van der Waals surface area (Å²) in [7, 11) is -3.52. The first-order valence-corrected chi connectivity index (χ1v) is 13.3. The molecule has 1 unspecified atom stereocenters. The Kier molecular flexibility index (Phi) is 10.8. The molecule has 1 atom stereocenters. The lowest BCUT2D eigenvalue weighted by Gasteiger charge is -2.36. The van der Waals surface area contributed by atoms with Crippen molar-refractivity contribution in [3.63, 3.8) is 0 Å². The number of aryl methyl sites for hydroxylation is 1. The van der Waals surface area contributed by atoms with Gasteiger partial charge < -0.3 is 14.4 Å². The summed E-state index contributed by atoms with van der Waals surface area (Å²) in [5.41, 5.74) is 1.81. The third kappa shape index (κ3) is 9.42. The summed E-state index contributed by atoms with van der Waals surface area (Å²) < 4.78 is 25.6. The highest BCUT2D eigenvalue weighted by atomic mass is 31.2. The van der Waals surface area contributed by atoms with Crippen molar-refractivity contribution < 1.29 is 18.4 Å². The Labute approximate surface area is 199 Å². The van der Waals surface area contributed by atoms with E-state index in [2.05, 4.69) is 17.4 Å². The zero-order valence-corrected chi connectivity index (χ0v) is 21.5. The smallest absolute Gasteiger partial charge is 0.347 e. The third-order valence-corrected chi connectivity index (χ3v) is 7.58. The number of carbonyl (C=O) groups excluding carboxylic acids is 1. The van der Waals surface area contributed by atoms with Crippen molar-refractivity contribution in [2.75, 3.05) is 19.8 Å². The van der Waals surface area contributed by atoms with E-state index in [1.54, 1.807) is 0 Å². The molecule has 0 bridgehead atoms. The fourth-order valence-corrected chi connectivity index (χ4v) is 5.92. The molecule has 0 radical (unpaired) electrons. The Morgan fingerprint density at radius 3 is 1.94 bits per heavy atom. The molecule has 0 saturated carbocycles. The van der Waals surface area contributed by atoms with E-state index in [9.17, 15) is 9.36 Å². The second-order valence-electron chi connectivity index (χ2n) is 9.07. The molecule has 7 heteroatoms. The number of amides is 1. The van der Waals surface area contributed by atoms with Crippen molar-refractivity contribution in [3.05, 3.63) is 71.8 Å². The van der Waals surface area contributed by atoms with E-state index in [0.717, 1.165) is 11.1 Å². The Hall–Kier alpha value is -1.98. The molecule has 2 aromatic carbocycles. The van der Waals surface area contributed by atoms with Crippen LogP contribution in [0.15, 0.2) is 60.7 Å². The maximum atomic E-state index is 14.0. The number of hydrogen-bond acceptors (Lipinski definition) is 5. The Morgan fingerprint density at radius 1 is 0.939 bits per heavy atom. The molecule has 0 heterocycles. The average Bonchev–Trinajstić information content (AvgIpc) is 2.74. The molecule has 33 heavy (non-hydrogen) atoms. The van der Waals surface area contributed by atoms with Gasteiger partial charge in [-0.3, -0.25) is 14.3 Å². The van der Waals surface area contributed by atoms with Crippen LogP contribution in [0.1, 0.15) is 52.2 Å². The molecule has 0 spiro atoms. The van der Waals surface area contributed by atoms with Gasteiger partial charge in [0.2, 0.25) is 5.91 Å². The van der Waals surface area contributed by atoms with Gasteiger partial charge in [-0.1, -0.05) is 60.7 Å². The Bertz CT molecular complexity index is 874. The molecule has 0 aromatic heterocycles. The zero-order valence-electron chi connectivity index (χ0n) is 20.6. The summed E-state index contributed by atoms with van der Waals surface area (Å²) in [6, 6.07) is 20.0. The molecule has 1 N–H and O–H groups in total. The lowest BCUT2D eigenvalue weighted by molar-refractivity contribution is -0.124. The number of nitrogens with zero attached hydrogens (tertiary/aromatic N) is 1. The van der Waals surface area contributed by atoms with Crippen molar-refractivity contribution in [1.29, 1.82) is 0 Å². The van der Waals surface area contributed by atoms with Crippen molar-refractivity contribution >= 4 is 13.5 Å². The monoisotopic (exact) mass is 474 g/mol. The van der Waals surface area contributed by atoms with Gasteiger partial charge in [-0.05, 0) is 58.6 Å². The van der Waals surface area contributed by atoms with Gasteiger partial charge in [-0.2, -0.15) is 0 Å². The predicted octanol–water partition coefficient (Wildman–Crippen LogP) is 5.63. The number of rotatable bonds is 13. The van der Waals surface area contributed by atoms with Gasteiger partial charge in [0, 0.05) is 12.1 Å². The second kappa shape index (κ2) is 13.0. The Morgan fingerprint density at radius 2 is 1.45 bits per heavy atom. The minimum atomic E-state index is -3.52. The average molecular weight is 475 g/mol. The van der Waals surface area contributed by atoms with Crippen LogP contribution in [0.3, 0.4) is 0 Å². The van der Waals surface area contributed by atoms with Crippen LogP contribution in [0, 0.1) is 0 Å². The highest BCUT2D eigenvalue weighted by Crippen LogP contribution is 2.55. The van der Waals surface area contributed by atoms with E-state index >= 15 is 0 Å². The molecular weight excluding hydrogens is 435 g/mol. The molecule has 0 aliphatic heterocycles. The van der Waals surface area contributed by atoms with E-state index in [-0.39, 0.29) is 31.2 Å². The van der Waals surface area contributed by atoms with Gasteiger partial charge in [0.05, 0.1) is 19.8 Å². The fourth-order valence-electron chi connectivity index (χ4n) is 3.78. The first-order valence-electron chi connectivity index (χ1n) is 11.7. The summed E-state index contributed by atoms with van der Waals surface area (Å²) in [4.78, 5) is 14.9. The van der Waals surface area contributed by atoms with Crippen molar-refractivity contribution in [3.8, 4) is 0 Å². The van der Waals surface area contributed by atoms with Gasteiger partial charge in [-0.25, -0.2) is 0 Å². The molecule has 0 aliphatic carbocycles. The maximum absolute atomic E-state index is 14.0. The van der Waals surface area contributed by atoms with Crippen LogP contribution in [0.4, 0.5) is 0 Å². The summed E-state index contributed by atoms with van der Waals surface area (Å²) >= 11 is 0. The van der Waals surface area contributed by atoms with Gasteiger partial charge in [-0.15, -0.1) is 0 Å². The molecule has 182 valence electrons. The molecular formula is C26H39N2O4P. The summed E-state index contributed by atoms with van der Waals surface area (Å²) in [5.74, 6) is -0.689. The molecule has 6 nitrogen and oxygen atoms in total. The second-order valence-corrected chi connectivity index (χ2v) is 11.3. The topological polar surface area (TPSA) is 67.9 Å². The van der Waals surface area contributed by atoms with E-state index in [1.807, 2.05) is 88.0 Å².